The third-order valence-corrected chi connectivity index (χ3v) is 8.50. The maximum atomic E-state index is 14.9. The van der Waals surface area contributed by atoms with E-state index in [-0.39, 0.29) is 54.1 Å². The van der Waals surface area contributed by atoms with Crippen molar-refractivity contribution in [1.82, 2.24) is 9.55 Å². The minimum absolute atomic E-state index is 0.00871. The van der Waals surface area contributed by atoms with E-state index in [1.807, 2.05) is 0 Å². The molecular formula is C27H27FN2O5. The minimum atomic E-state index is -1.90. The number of pyridine rings is 2. The number of aliphatic hydroxyl groups is 2. The maximum absolute atomic E-state index is 14.9. The van der Waals surface area contributed by atoms with E-state index < -0.39 is 11.6 Å². The van der Waals surface area contributed by atoms with Gasteiger partial charge in [-0.05, 0) is 60.8 Å². The fraction of sp³-hybridized carbons (Fsp3) is 0.444. The quantitative estimate of drug-likeness (QED) is 0.439. The predicted molar refractivity (Wildman–Crippen MR) is 127 cm³/mol. The van der Waals surface area contributed by atoms with Crippen LogP contribution in [0.1, 0.15) is 66.5 Å². The van der Waals surface area contributed by atoms with E-state index >= 15 is 0 Å². The summed E-state index contributed by atoms with van der Waals surface area (Å²) in [6.07, 6.45) is 2.03. The van der Waals surface area contributed by atoms with Crippen LogP contribution < -0.4 is 5.56 Å². The van der Waals surface area contributed by atoms with Crippen LogP contribution in [-0.2, 0) is 40.1 Å². The Hall–Kier alpha value is -3.10. The molecule has 3 aliphatic rings. The highest BCUT2D eigenvalue weighted by molar-refractivity contribution is 5.93. The first-order valence-corrected chi connectivity index (χ1v) is 12.1. The number of ether oxygens (including phenoxy) is 1. The van der Waals surface area contributed by atoms with Gasteiger partial charge in [0.25, 0.3) is 5.56 Å². The third kappa shape index (κ3) is 2.75. The summed E-state index contributed by atoms with van der Waals surface area (Å²) in [6, 6.07) is 3.12. The Morgan fingerprint density at radius 3 is 2.71 bits per heavy atom. The second kappa shape index (κ2) is 7.21. The molecule has 0 saturated carbocycles. The summed E-state index contributed by atoms with van der Waals surface area (Å²) in [5.41, 5.74) is 2.94. The first-order valence-electron chi connectivity index (χ1n) is 12.1. The number of carbonyl (C=O) groups excluding carboxylic acids is 1. The smallest absolute Gasteiger partial charge is 0.343 e. The second-order valence-electron chi connectivity index (χ2n) is 10.3. The van der Waals surface area contributed by atoms with Crippen molar-refractivity contribution in [3.63, 3.8) is 0 Å². The molecule has 1 aliphatic carbocycles. The number of nitrogens with zero attached hydrogens (tertiary/aromatic N) is 2. The first kappa shape index (κ1) is 22.4. The van der Waals surface area contributed by atoms with Gasteiger partial charge in [0.15, 0.2) is 5.60 Å². The molecule has 0 unspecified atom stereocenters. The summed E-state index contributed by atoms with van der Waals surface area (Å²) >= 11 is 0. The van der Waals surface area contributed by atoms with E-state index in [2.05, 4.69) is 6.92 Å². The fourth-order valence-corrected chi connectivity index (χ4v) is 6.39. The van der Waals surface area contributed by atoms with Crippen molar-refractivity contribution in [3.8, 4) is 11.4 Å². The SMILES string of the molecule is CC[C@@]1(O)C(=O)OCc2c1cc1n(c2=O)Cc2c-1nc1cc(F)c(C)c3c1c2[C@](C)(CCO)CC3. The lowest BCUT2D eigenvalue weighted by Gasteiger charge is -2.37. The summed E-state index contributed by atoms with van der Waals surface area (Å²) < 4.78 is 21.7. The summed E-state index contributed by atoms with van der Waals surface area (Å²) in [6.45, 7) is 5.66. The predicted octanol–water partition coefficient (Wildman–Crippen LogP) is 3.11. The van der Waals surface area contributed by atoms with Crippen LogP contribution in [0, 0.1) is 12.7 Å². The highest BCUT2D eigenvalue weighted by atomic mass is 19.1. The second-order valence-corrected chi connectivity index (χ2v) is 10.3. The molecule has 4 heterocycles. The standard InChI is InChI=1S/C27H27FN2O5/c1-4-27(34)17-9-20-23-15(11-30(20)24(32)16(17)12-35-25(27)33)22-21-14(5-6-26(22,3)7-8-31)13(2)18(28)10-19(21)29-23/h9-10,31,34H,4-8,11-12H2,1-3H3/t26-,27-/m0/s1. The largest absolute Gasteiger partial charge is 0.458 e. The number of cyclic esters (lactones) is 1. The summed E-state index contributed by atoms with van der Waals surface area (Å²) in [5.74, 6) is -1.09. The molecule has 0 radical (unpaired) electrons. The van der Waals surface area contributed by atoms with Gasteiger partial charge in [-0.1, -0.05) is 13.8 Å². The van der Waals surface area contributed by atoms with E-state index in [0.29, 0.717) is 35.3 Å². The highest BCUT2D eigenvalue weighted by Gasteiger charge is 2.46. The fourth-order valence-electron chi connectivity index (χ4n) is 6.39. The molecular weight excluding hydrogens is 451 g/mol. The molecule has 2 aliphatic heterocycles. The topological polar surface area (TPSA) is 102 Å². The van der Waals surface area contributed by atoms with Crippen LogP contribution in [0.15, 0.2) is 16.9 Å². The maximum Gasteiger partial charge on any atom is 0.343 e. The van der Waals surface area contributed by atoms with Gasteiger partial charge in [0.05, 0.1) is 29.0 Å². The van der Waals surface area contributed by atoms with Crippen molar-refractivity contribution in [1.29, 1.82) is 0 Å². The summed E-state index contributed by atoms with van der Waals surface area (Å²) in [4.78, 5) is 30.9. The van der Waals surface area contributed by atoms with Crippen molar-refractivity contribution in [2.45, 2.75) is 70.6 Å². The lowest BCUT2D eigenvalue weighted by molar-refractivity contribution is -0.172. The Balaban J connectivity index is 1.71. The average Bonchev–Trinajstić information content (AvgIpc) is 3.19. The van der Waals surface area contributed by atoms with Crippen LogP contribution in [0.5, 0.6) is 0 Å². The Labute approximate surface area is 201 Å². The number of aromatic nitrogens is 2. The molecule has 182 valence electrons. The van der Waals surface area contributed by atoms with Gasteiger partial charge in [0.1, 0.15) is 12.4 Å². The Morgan fingerprint density at radius 2 is 2.00 bits per heavy atom. The van der Waals surface area contributed by atoms with Gasteiger partial charge in [-0.2, -0.15) is 0 Å². The van der Waals surface area contributed by atoms with Crippen LogP contribution in [0.4, 0.5) is 4.39 Å². The van der Waals surface area contributed by atoms with Gasteiger partial charge in [0, 0.05) is 29.2 Å². The van der Waals surface area contributed by atoms with Gasteiger partial charge in [-0.25, -0.2) is 14.2 Å². The molecule has 2 atom stereocenters. The molecule has 0 spiro atoms. The van der Waals surface area contributed by atoms with Crippen molar-refractivity contribution in [3.05, 3.63) is 61.7 Å². The molecule has 0 saturated heterocycles. The van der Waals surface area contributed by atoms with Crippen LogP contribution in [0.25, 0.3) is 22.3 Å². The van der Waals surface area contributed by atoms with Gasteiger partial charge in [-0.15, -0.1) is 0 Å². The first-order chi connectivity index (χ1) is 16.6. The molecule has 8 heteroatoms. The number of halogens is 1. The van der Waals surface area contributed by atoms with Crippen molar-refractivity contribution >= 4 is 16.9 Å². The number of aryl methyl sites for hydroxylation is 1. The Morgan fingerprint density at radius 1 is 1.23 bits per heavy atom. The number of rotatable bonds is 3. The van der Waals surface area contributed by atoms with E-state index in [1.165, 1.54) is 6.07 Å². The van der Waals surface area contributed by atoms with E-state index in [9.17, 15) is 24.2 Å². The van der Waals surface area contributed by atoms with Gasteiger partial charge in [0.2, 0.25) is 0 Å². The normalized spacial score (nSPS) is 24.2. The Kier molecular flexibility index (Phi) is 4.61. The molecule has 0 amide bonds. The number of hydrogen-bond acceptors (Lipinski definition) is 6. The number of benzene rings is 1. The molecule has 1 aromatic carbocycles. The molecule has 6 rings (SSSR count). The van der Waals surface area contributed by atoms with Crippen LogP contribution in [-0.4, -0.2) is 32.3 Å². The monoisotopic (exact) mass is 478 g/mol. The minimum Gasteiger partial charge on any atom is -0.458 e. The third-order valence-electron chi connectivity index (χ3n) is 8.50. The number of carbonyl (C=O) groups is 1. The molecule has 2 N–H and O–H groups in total. The molecule has 3 aromatic rings. The van der Waals surface area contributed by atoms with E-state index in [0.717, 1.165) is 28.5 Å². The number of fused-ring (bicyclic) bond motifs is 5. The number of esters is 1. The zero-order valence-corrected chi connectivity index (χ0v) is 20.0. The zero-order valence-electron chi connectivity index (χ0n) is 20.0. The van der Waals surface area contributed by atoms with Gasteiger partial charge >= 0.3 is 5.97 Å². The molecule has 7 nitrogen and oxygen atoms in total. The van der Waals surface area contributed by atoms with Crippen LogP contribution >= 0.6 is 0 Å². The summed E-state index contributed by atoms with van der Waals surface area (Å²) in [7, 11) is 0. The molecule has 2 aromatic heterocycles. The van der Waals surface area contributed by atoms with Crippen molar-refractivity contribution < 1.29 is 24.1 Å². The van der Waals surface area contributed by atoms with Crippen LogP contribution in [0.2, 0.25) is 0 Å². The van der Waals surface area contributed by atoms with Gasteiger partial charge < -0.3 is 19.5 Å². The number of aliphatic hydroxyl groups excluding tert-OH is 1. The highest BCUT2D eigenvalue weighted by Crippen LogP contribution is 2.49. The van der Waals surface area contributed by atoms with Crippen molar-refractivity contribution in [2.24, 2.45) is 0 Å². The molecule has 0 fully saturated rings. The zero-order chi connectivity index (χ0) is 24.9. The van der Waals surface area contributed by atoms with E-state index in [4.69, 9.17) is 9.72 Å². The lowest BCUT2D eigenvalue weighted by Crippen LogP contribution is -2.44. The molecule has 35 heavy (non-hydrogen) atoms. The number of hydrogen-bond donors (Lipinski definition) is 2. The van der Waals surface area contributed by atoms with E-state index in [1.54, 1.807) is 24.5 Å². The lowest BCUT2D eigenvalue weighted by atomic mass is 9.67. The van der Waals surface area contributed by atoms with Crippen molar-refractivity contribution in [2.75, 3.05) is 6.61 Å². The summed E-state index contributed by atoms with van der Waals surface area (Å²) in [5, 5.41) is 21.9. The molecule has 0 bridgehead atoms. The van der Waals surface area contributed by atoms with Crippen LogP contribution in [0.3, 0.4) is 0 Å². The Bertz CT molecular complexity index is 1530. The van der Waals surface area contributed by atoms with Gasteiger partial charge in [-0.3, -0.25) is 4.79 Å². The average molecular weight is 479 g/mol.